The van der Waals surface area contributed by atoms with Crippen LogP contribution < -0.4 is 9.47 Å². The standard InChI is InChI=1S/C27H34N2O7/c1-16(30)12-22-27-20(14-23(31)36-27)25(32)28(15-17-13-19(34-2)10-11-21(17)35-3)24(27)26(33)29(22)18-8-6-4-5-7-9-18/h10-11,13,18,20,22,24H,4-9,12,14-15H2,1-3H3. The minimum Gasteiger partial charge on any atom is -0.497 e. The van der Waals surface area contributed by atoms with Crippen molar-refractivity contribution in [2.45, 2.75) is 88.6 Å². The number of Topliss-reactive ketones (excluding diaryl/α,β-unsaturated/α-hetero) is 1. The van der Waals surface area contributed by atoms with Crippen molar-refractivity contribution in [3.8, 4) is 11.5 Å². The van der Waals surface area contributed by atoms with Crippen molar-refractivity contribution >= 4 is 23.6 Å². The van der Waals surface area contributed by atoms with Crippen LogP contribution in [0.4, 0.5) is 0 Å². The Morgan fingerprint density at radius 3 is 2.42 bits per heavy atom. The maximum atomic E-state index is 14.2. The SMILES string of the molecule is COc1ccc(OC)c(CN2C(=O)C3CC(=O)OC34C2C(=O)N(C2CCCCCC2)C4CC(C)=O)c1. The number of esters is 1. The Balaban J connectivity index is 1.59. The molecule has 1 saturated carbocycles. The summed E-state index contributed by atoms with van der Waals surface area (Å²) in [6, 6.07) is 3.67. The van der Waals surface area contributed by atoms with Crippen molar-refractivity contribution in [2.24, 2.45) is 5.92 Å². The molecule has 3 aliphatic heterocycles. The maximum absolute atomic E-state index is 14.2. The molecule has 4 aliphatic rings. The van der Waals surface area contributed by atoms with Gasteiger partial charge in [-0.2, -0.15) is 0 Å². The van der Waals surface area contributed by atoms with E-state index in [-0.39, 0.29) is 43.0 Å². The van der Waals surface area contributed by atoms with Crippen LogP contribution in [0, 0.1) is 5.92 Å². The predicted octanol–water partition coefficient (Wildman–Crippen LogP) is 2.63. The summed E-state index contributed by atoms with van der Waals surface area (Å²) in [6.45, 7) is 1.60. The third-order valence-corrected chi connectivity index (χ3v) is 8.40. The molecule has 1 aromatic rings. The van der Waals surface area contributed by atoms with Crippen LogP contribution in [0.1, 0.15) is 63.9 Å². The monoisotopic (exact) mass is 498 g/mol. The van der Waals surface area contributed by atoms with Gasteiger partial charge in [0.15, 0.2) is 11.6 Å². The highest BCUT2D eigenvalue weighted by Gasteiger charge is 2.77. The second kappa shape index (κ2) is 9.41. The lowest BCUT2D eigenvalue weighted by Crippen LogP contribution is -2.54. The van der Waals surface area contributed by atoms with Gasteiger partial charge in [-0.25, -0.2) is 0 Å². The first-order valence-corrected chi connectivity index (χ1v) is 12.9. The summed E-state index contributed by atoms with van der Waals surface area (Å²) < 4.78 is 16.9. The van der Waals surface area contributed by atoms with Crippen molar-refractivity contribution in [3.05, 3.63) is 23.8 Å². The van der Waals surface area contributed by atoms with E-state index < -0.39 is 29.6 Å². The number of ether oxygens (including phenoxy) is 3. The quantitative estimate of drug-likeness (QED) is 0.421. The van der Waals surface area contributed by atoms with Crippen LogP contribution in [0.5, 0.6) is 11.5 Å². The van der Waals surface area contributed by atoms with Gasteiger partial charge in [-0.1, -0.05) is 25.7 Å². The number of amides is 2. The van der Waals surface area contributed by atoms with Crippen molar-refractivity contribution < 1.29 is 33.4 Å². The zero-order chi connectivity index (χ0) is 25.6. The van der Waals surface area contributed by atoms with Crippen LogP contribution in [0.25, 0.3) is 0 Å². The molecule has 36 heavy (non-hydrogen) atoms. The zero-order valence-electron chi connectivity index (χ0n) is 21.2. The number of ketones is 1. The number of carbonyl (C=O) groups is 4. The Morgan fingerprint density at radius 2 is 1.78 bits per heavy atom. The van der Waals surface area contributed by atoms with Gasteiger partial charge < -0.3 is 24.0 Å². The van der Waals surface area contributed by atoms with Crippen LogP contribution in [-0.4, -0.2) is 71.3 Å². The first kappa shape index (κ1) is 24.6. The Hall–Kier alpha value is -3.10. The molecule has 1 aliphatic carbocycles. The Kier molecular flexibility index (Phi) is 6.43. The van der Waals surface area contributed by atoms with E-state index in [1.165, 1.54) is 6.92 Å². The summed E-state index contributed by atoms with van der Waals surface area (Å²) in [5.41, 5.74) is -0.662. The lowest BCUT2D eigenvalue weighted by Gasteiger charge is -2.38. The van der Waals surface area contributed by atoms with Gasteiger partial charge in [-0.3, -0.25) is 19.2 Å². The summed E-state index contributed by atoms with van der Waals surface area (Å²) in [4.78, 5) is 56.5. The number of rotatable bonds is 7. The summed E-state index contributed by atoms with van der Waals surface area (Å²) in [7, 11) is 3.11. The van der Waals surface area contributed by atoms with Crippen molar-refractivity contribution in [2.75, 3.05) is 14.2 Å². The average molecular weight is 499 g/mol. The minimum absolute atomic E-state index is 0.0346. The van der Waals surface area contributed by atoms with E-state index in [4.69, 9.17) is 14.2 Å². The van der Waals surface area contributed by atoms with E-state index in [0.29, 0.717) is 17.1 Å². The normalized spacial score (nSPS) is 30.2. The van der Waals surface area contributed by atoms with Crippen LogP contribution in [0.15, 0.2) is 18.2 Å². The molecular formula is C27H34N2O7. The van der Waals surface area contributed by atoms with Crippen LogP contribution in [-0.2, 0) is 30.5 Å². The molecule has 2 amide bonds. The summed E-state index contributed by atoms with van der Waals surface area (Å²) in [5, 5.41) is 0. The number of likely N-dealkylation sites (tertiary alicyclic amines) is 2. The molecule has 4 unspecified atom stereocenters. The van der Waals surface area contributed by atoms with Crippen molar-refractivity contribution in [3.63, 3.8) is 0 Å². The minimum atomic E-state index is -1.35. The lowest BCUT2D eigenvalue weighted by molar-refractivity contribution is -0.154. The highest BCUT2D eigenvalue weighted by molar-refractivity contribution is 6.02. The molecule has 0 radical (unpaired) electrons. The predicted molar refractivity (Wildman–Crippen MR) is 128 cm³/mol. The fourth-order valence-corrected chi connectivity index (χ4v) is 6.91. The second-order valence-electron chi connectivity index (χ2n) is 10.4. The fraction of sp³-hybridized carbons (Fsp3) is 0.630. The molecule has 0 N–H and O–H groups in total. The van der Waals surface area contributed by atoms with Gasteiger partial charge in [-0.15, -0.1) is 0 Å². The molecule has 9 nitrogen and oxygen atoms in total. The van der Waals surface area contributed by atoms with E-state index in [9.17, 15) is 19.2 Å². The molecule has 194 valence electrons. The third kappa shape index (κ3) is 3.74. The number of nitrogens with zero attached hydrogens (tertiary/aromatic N) is 2. The zero-order valence-corrected chi connectivity index (χ0v) is 21.2. The number of hydrogen-bond acceptors (Lipinski definition) is 7. The molecule has 5 rings (SSSR count). The third-order valence-electron chi connectivity index (χ3n) is 8.40. The highest BCUT2D eigenvalue weighted by Crippen LogP contribution is 2.55. The summed E-state index contributed by atoms with van der Waals surface area (Å²) >= 11 is 0. The van der Waals surface area contributed by atoms with Gasteiger partial charge in [0, 0.05) is 18.0 Å². The fourth-order valence-electron chi connectivity index (χ4n) is 6.91. The number of methoxy groups -OCH3 is 2. The van der Waals surface area contributed by atoms with Crippen LogP contribution >= 0.6 is 0 Å². The molecule has 3 saturated heterocycles. The average Bonchev–Trinajstić information content (AvgIpc) is 3.24. The maximum Gasteiger partial charge on any atom is 0.307 e. The molecule has 1 spiro atoms. The van der Waals surface area contributed by atoms with Gasteiger partial charge in [0.05, 0.1) is 39.1 Å². The van der Waals surface area contributed by atoms with Crippen LogP contribution in [0.3, 0.4) is 0 Å². The van der Waals surface area contributed by atoms with E-state index in [2.05, 4.69) is 0 Å². The topological polar surface area (TPSA) is 102 Å². The molecule has 1 aromatic carbocycles. The van der Waals surface area contributed by atoms with E-state index in [1.807, 2.05) is 4.90 Å². The Bertz CT molecular complexity index is 1080. The molecule has 9 heteroatoms. The lowest BCUT2D eigenvalue weighted by atomic mass is 9.79. The number of benzene rings is 1. The van der Waals surface area contributed by atoms with Crippen molar-refractivity contribution in [1.82, 2.24) is 9.80 Å². The Labute approximate surface area is 211 Å². The molecule has 4 fully saturated rings. The van der Waals surface area contributed by atoms with Gasteiger partial charge in [0.1, 0.15) is 17.3 Å². The highest BCUT2D eigenvalue weighted by atomic mass is 16.6. The first-order chi connectivity index (χ1) is 17.3. The van der Waals surface area contributed by atoms with Gasteiger partial charge in [0.2, 0.25) is 11.8 Å². The Morgan fingerprint density at radius 1 is 1.06 bits per heavy atom. The summed E-state index contributed by atoms with van der Waals surface area (Å²) in [5.74, 6) is -0.719. The van der Waals surface area contributed by atoms with Crippen LogP contribution in [0.2, 0.25) is 0 Å². The number of carbonyl (C=O) groups excluding carboxylic acids is 4. The first-order valence-electron chi connectivity index (χ1n) is 12.9. The van der Waals surface area contributed by atoms with E-state index in [1.54, 1.807) is 37.3 Å². The molecular weight excluding hydrogens is 464 g/mol. The molecule has 0 aromatic heterocycles. The van der Waals surface area contributed by atoms with Gasteiger partial charge in [-0.05, 0) is 38.0 Å². The molecule has 0 bridgehead atoms. The van der Waals surface area contributed by atoms with Gasteiger partial charge in [0.25, 0.3) is 0 Å². The molecule has 4 atom stereocenters. The summed E-state index contributed by atoms with van der Waals surface area (Å²) in [6.07, 6.45) is 5.91. The second-order valence-corrected chi connectivity index (χ2v) is 10.4. The molecule has 3 heterocycles. The van der Waals surface area contributed by atoms with E-state index in [0.717, 1.165) is 38.5 Å². The number of hydrogen-bond donors (Lipinski definition) is 0. The van der Waals surface area contributed by atoms with Crippen molar-refractivity contribution in [1.29, 1.82) is 0 Å². The van der Waals surface area contributed by atoms with E-state index >= 15 is 0 Å². The van der Waals surface area contributed by atoms with Gasteiger partial charge >= 0.3 is 5.97 Å². The smallest absolute Gasteiger partial charge is 0.307 e. The largest absolute Gasteiger partial charge is 0.497 e.